The van der Waals surface area contributed by atoms with E-state index < -0.39 is 5.79 Å². The van der Waals surface area contributed by atoms with Crippen LogP contribution in [0.1, 0.15) is 19.4 Å². The molecule has 5 heteroatoms. The molecule has 1 aliphatic rings. The van der Waals surface area contributed by atoms with E-state index in [0.29, 0.717) is 18.7 Å². The molecule has 1 aromatic carbocycles. The molecule has 1 fully saturated rings. The van der Waals surface area contributed by atoms with E-state index in [1.807, 2.05) is 38.3 Å². The van der Waals surface area contributed by atoms with Gasteiger partial charge in [0.2, 0.25) is 0 Å². The van der Waals surface area contributed by atoms with Crippen molar-refractivity contribution in [2.24, 2.45) is 0 Å². The molecule has 102 valence electrons. The van der Waals surface area contributed by atoms with Gasteiger partial charge in [-0.05, 0) is 32.2 Å². The van der Waals surface area contributed by atoms with Gasteiger partial charge in [0.1, 0.15) is 12.2 Å². The van der Waals surface area contributed by atoms with Crippen LogP contribution in [0.25, 0.3) is 0 Å². The third-order valence-corrected chi connectivity index (χ3v) is 3.73. The number of hydrogen-bond acceptors (Lipinski definition) is 5. The highest BCUT2D eigenvalue weighted by Gasteiger charge is 2.32. The monoisotopic (exact) mass is 278 g/mol. The van der Waals surface area contributed by atoms with Gasteiger partial charge in [0, 0.05) is 11.4 Å². The topological polar surface area (TPSA) is 54.3 Å². The molecule has 0 aromatic heterocycles. The van der Waals surface area contributed by atoms with Crippen molar-refractivity contribution < 1.29 is 9.47 Å². The minimum atomic E-state index is -0.508. The van der Waals surface area contributed by atoms with Crippen molar-refractivity contribution in [3.8, 4) is 6.07 Å². The first-order valence-electron chi connectivity index (χ1n) is 6.18. The molecule has 0 radical (unpaired) electrons. The number of benzene rings is 1. The second-order valence-corrected chi connectivity index (χ2v) is 5.67. The van der Waals surface area contributed by atoms with Crippen molar-refractivity contribution in [3.63, 3.8) is 0 Å². The van der Waals surface area contributed by atoms with Crippen molar-refractivity contribution in [2.75, 3.05) is 24.7 Å². The molecule has 0 bridgehead atoms. The molecule has 0 amide bonds. The Hall–Kier alpha value is -1.22. The number of nitriles is 1. The molecule has 2 rings (SSSR count). The number of hydrogen-bond donors (Lipinski definition) is 1. The predicted octanol–water partition coefficient (Wildman–Crippen LogP) is 2.84. The van der Waals surface area contributed by atoms with E-state index in [4.69, 9.17) is 9.47 Å². The maximum absolute atomic E-state index is 9.25. The minimum absolute atomic E-state index is 0.0134. The third kappa shape index (κ3) is 3.41. The number of ether oxygens (including phenoxy) is 2. The Morgan fingerprint density at radius 1 is 1.53 bits per heavy atom. The van der Waals surface area contributed by atoms with Gasteiger partial charge in [-0.2, -0.15) is 5.26 Å². The summed E-state index contributed by atoms with van der Waals surface area (Å²) in [5.74, 6) is -0.508. The molecule has 0 spiro atoms. The maximum Gasteiger partial charge on any atom is 0.163 e. The van der Waals surface area contributed by atoms with Crippen molar-refractivity contribution in [1.82, 2.24) is 0 Å². The van der Waals surface area contributed by atoms with Gasteiger partial charge in [-0.1, -0.05) is 6.07 Å². The summed E-state index contributed by atoms with van der Waals surface area (Å²) in [6, 6.07) is 8.07. The van der Waals surface area contributed by atoms with Gasteiger partial charge >= 0.3 is 0 Å². The number of rotatable bonds is 4. The van der Waals surface area contributed by atoms with E-state index in [1.54, 1.807) is 11.8 Å². The zero-order valence-electron chi connectivity index (χ0n) is 11.4. The molecule has 1 N–H and O–H groups in total. The van der Waals surface area contributed by atoms with Crippen LogP contribution in [0.2, 0.25) is 0 Å². The zero-order chi connectivity index (χ0) is 13.9. The van der Waals surface area contributed by atoms with Crippen LogP contribution >= 0.6 is 11.8 Å². The first-order chi connectivity index (χ1) is 9.05. The van der Waals surface area contributed by atoms with E-state index in [1.165, 1.54) is 0 Å². The summed E-state index contributed by atoms with van der Waals surface area (Å²) in [5, 5.41) is 12.5. The lowest BCUT2D eigenvalue weighted by molar-refractivity contribution is -0.136. The van der Waals surface area contributed by atoms with Crippen LogP contribution in [-0.4, -0.2) is 31.3 Å². The highest BCUT2D eigenvalue weighted by molar-refractivity contribution is 7.98. The smallest absolute Gasteiger partial charge is 0.163 e. The molecule has 1 unspecified atom stereocenters. The summed E-state index contributed by atoms with van der Waals surface area (Å²) in [6.07, 6.45) is 1.98. The standard InChI is InChI=1S/C14H18N2O2S/c1-14(2)17-9-10(18-14)8-16-12-5-4-6-13(19-3)11(12)7-15/h4-6,10,16H,8-9H2,1-3H3. The van der Waals surface area contributed by atoms with E-state index in [9.17, 15) is 5.26 Å². The van der Waals surface area contributed by atoms with Gasteiger partial charge in [-0.25, -0.2) is 0 Å². The molecule has 0 aliphatic carbocycles. The number of nitrogens with zero attached hydrogens (tertiary/aromatic N) is 1. The molecular formula is C14H18N2O2S. The lowest BCUT2D eigenvalue weighted by atomic mass is 10.2. The third-order valence-electron chi connectivity index (χ3n) is 2.95. The predicted molar refractivity (Wildman–Crippen MR) is 76.3 cm³/mol. The van der Waals surface area contributed by atoms with Crippen molar-refractivity contribution in [2.45, 2.75) is 30.6 Å². The first-order valence-corrected chi connectivity index (χ1v) is 7.41. The van der Waals surface area contributed by atoms with Gasteiger partial charge in [0.05, 0.1) is 17.9 Å². The van der Waals surface area contributed by atoms with Gasteiger partial charge < -0.3 is 14.8 Å². The molecule has 0 saturated carbocycles. The molecule has 1 aromatic rings. The minimum Gasteiger partial charge on any atom is -0.381 e. The number of thioether (sulfide) groups is 1. The van der Waals surface area contributed by atoms with Crippen LogP contribution in [0.5, 0.6) is 0 Å². The van der Waals surface area contributed by atoms with Crippen LogP contribution in [0.3, 0.4) is 0 Å². The Labute approximate surface area is 118 Å². The van der Waals surface area contributed by atoms with E-state index in [2.05, 4.69) is 11.4 Å². The van der Waals surface area contributed by atoms with Crippen LogP contribution in [0, 0.1) is 11.3 Å². The second kappa shape index (κ2) is 5.83. The van der Waals surface area contributed by atoms with Gasteiger partial charge in [0.25, 0.3) is 0 Å². The SMILES string of the molecule is CSc1cccc(NCC2COC(C)(C)O2)c1C#N. The maximum atomic E-state index is 9.25. The molecule has 19 heavy (non-hydrogen) atoms. The lowest BCUT2D eigenvalue weighted by Crippen LogP contribution is -2.26. The summed E-state index contributed by atoms with van der Waals surface area (Å²) in [6.45, 7) is 5.02. The highest BCUT2D eigenvalue weighted by Crippen LogP contribution is 2.27. The number of nitrogens with one attached hydrogen (secondary N) is 1. The van der Waals surface area contributed by atoms with E-state index in [-0.39, 0.29) is 6.10 Å². The Morgan fingerprint density at radius 3 is 2.89 bits per heavy atom. The van der Waals surface area contributed by atoms with Crippen molar-refractivity contribution in [1.29, 1.82) is 5.26 Å². The average Bonchev–Trinajstić information content (AvgIpc) is 2.75. The summed E-state index contributed by atoms with van der Waals surface area (Å²) < 4.78 is 11.2. The van der Waals surface area contributed by atoms with Crippen molar-refractivity contribution in [3.05, 3.63) is 23.8 Å². The summed E-state index contributed by atoms with van der Waals surface area (Å²) >= 11 is 1.57. The Balaban J connectivity index is 2.03. The first kappa shape index (κ1) is 14.2. The van der Waals surface area contributed by atoms with Crippen molar-refractivity contribution >= 4 is 17.4 Å². The van der Waals surface area contributed by atoms with Gasteiger partial charge in [0.15, 0.2) is 5.79 Å². The fourth-order valence-electron chi connectivity index (χ4n) is 2.05. The van der Waals surface area contributed by atoms with Crippen LogP contribution < -0.4 is 5.32 Å². The largest absolute Gasteiger partial charge is 0.381 e. The molecule has 1 heterocycles. The average molecular weight is 278 g/mol. The van der Waals surface area contributed by atoms with Crippen LogP contribution in [-0.2, 0) is 9.47 Å². The van der Waals surface area contributed by atoms with Gasteiger partial charge in [-0.3, -0.25) is 0 Å². The Morgan fingerprint density at radius 2 is 2.32 bits per heavy atom. The van der Waals surface area contributed by atoms with Gasteiger partial charge in [-0.15, -0.1) is 11.8 Å². The zero-order valence-corrected chi connectivity index (χ0v) is 12.2. The molecule has 1 aliphatic heterocycles. The molecule has 1 saturated heterocycles. The quantitative estimate of drug-likeness (QED) is 0.858. The summed E-state index contributed by atoms with van der Waals surface area (Å²) in [4.78, 5) is 0.983. The molecule has 4 nitrogen and oxygen atoms in total. The Bertz CT molecular complexity index is 497. The van der Waals surface area contributed by atoms with Crippen LogP contribution in [0.4, 0.5) is 5.69 Å². The summed E-state index contributed by atoms with van der Waals surface area (Å²) in [5.41, 5.74) is 1.54. The molecular weight excluding hydrogens is 260 g/mol. The highest BCUT2D eigenvalue weighted by atomic mass is 32.2. The fourth-order valence-corrected chi connectivity index (χ4v) is 2.63. The fraction of sp³-hybridized carbons (Fsp3) is 0.500. The Kier molecular flexibility index (Phi) is 4.35. The van der Waals surface area contributed by atoms with E-state index in [0.717, 1.165) is 10.6 Å². The lowest BCUT2D eigenvalue weighted by Gasteiger charge is -2.18. The molecule has 1 atom stereocenters. The normalized spacial score (nSPS) is 21.1. The van der Waals surface area contributed by atoms with Crippen LogP contribution in [0.15, 0.2) is 23.1 Å². The second-order valence-electron chi connectivity index (χ2n) is 4.83. The summed E-state index contributed by atoms with van der Waals surface area (Å²) in [7, 11) is 0. The van der Waals surface area contributed by atoms with E-state index >= 15 is 0 Å². The number of anilines is 1.